The van der Waals surface area contributed by atoms with E-state index in [1.807, 2.05) is 7.05 Å². The van der Waals surface area contributed by atoms with Gasteiger partial charge in [0.05, 0.1) is 0 Å². The average molecular weight is 221 g/mol. The molecule has 0 radical (unpaired) electrons. The zero-order valence-corrected chi connectivity index (χ0v) is 9.18. The van der Waals surface area contributed by atoms with Gasteiger partial charge >= 0.3 is 0 Å². The summed E-state index contributed by atoms with van der Waals surface area (Å²) >= 11 is 0. The Morgan fingerprint density at radius 1 is 1.62 bits per heavy atom. The first-order chi connectivity index (χ1) is 7.65. The molecular formula is C10H15N5O. The van der Waals surface area contributed by atoms with Gasteiger partial charge in [-0.3, -0.25) is 4.79 Å². The second-order valence-electron chi connectivity index (χ2n) is 3.95. The molecule has 16 heavy (non-hydrogen) atoms. The highest BCUT2D eigenvalue weighted by Crippen LogP contribution is 2.14. The molecule has 86 valence electrons. The quantitative estimate of drug-likeness (QED) is 0.739. The Bertz CT molecular complexity index is 395. The van der Waals surface area contributed by atoms with Gasteiger partial charge in [0.2, 0.25) is 11.9 Å². The van der Waals surface area contributed by atoms with Crippen LogP contribution >= 0.6 is 0 Å². The van der Waals surface area contributed by atoms with Gasteiger partial charge in [-0.25, -0.2) is 4.98 Å². The Morgan fingerprint density at radius 2 is 2.44 bits per heavy atom. The number of hydrogen-bond donors (Lipinski definition) is 2. The van der Waals surface area contributed by atoms with Crippen LogP contribution in [0, 0.1) is 0 Å². The maximum Gasteiger partial charge on any atom is 0.222 e. The van der Waals surface area contributed by atoms with Crippen LogP contribution in [0.2, 0.25) is 0 Å². The van der Waals surface area contributed by atoms with Crippen molar-refractivity contribution in [2.45, 2.75) is 18.9 Å². The molecule has 2 heterocycles. The molecule has 1 saturated heterocycles. The van der Waals surface area contributed by atoms with Gasteiger partial charge in [-0.1, -0.05) is 0 Å². The number of carbonyl (C=O) groups is 1. The summed E-state index contributed by atoms with van der Waals surface area (Å²) in [5.74, 6) is 1.16. The molecule has 1 fully saturated rings. The van der Waals surface area contributed by atoms with Crippen LogP contribution < -0.4 is 11.1 Å². The first-order valence-corrected chi connectivity index (χ1v) is 5.24. The Morgan fingerprint density at radius 3 is 3.12 bits per heavy atom. The van der Waals surface area contributed by atoms with E-state index < -0.39 is 0 Å². The van der Waals surface area contributed by atoms with Crippen LogP contribution in [0.1, 0.15) is 12.8 Å². The monoisotopic (exact) mass is 221 g/mol. The molecular weight excluding hydrogens is 206 g/mol. The lowest BCUT2D eigenvalue weighted by atomic mass is 10.1. The SMILES string of the molecule is CN1CC(Nc2ccnc(N)n2)CCC1=O. The molecule has 1 aromatic heterocycles. The van der Waals surface area contributed by atoms with Gasteiger partial charge in [0.1, 0.15) is 5.82 Å². The number of nitrogen functional groups attached to an aromatic ring is 1. The van der Waals surface area contributed by atoms with Crippen LogP contribution in [0.25, 0.3) is 0 Å². The van der Waals surface area contributed by atoms with E-state index in [-0.39, 0.29) is 17.9 Å². The smallest absolute Gasteiger partial charge is 0.222 e. The molecule has 1 amide bonds. The number of likely N-dealkylation sites (tertiary alicyclic amines) is 1. The van der Waals surface area contributed by atoms with Crippen molar-refractivity contribution in [1.29, 1.82) is 0 Å². The first kappa shape index (κ1) is 10.7. The van der Waals surface area contributed by atoms with Gasteiger partial charge in [0, 0.05) is 32.3 Å². The number of hydrogen-bond acceptors (Lipinski definition) is 5. The highest BCUT2D eigenvalue weighted by molar-refractivity contribution is 5.77. The van der Waals surface area contributed by atoms with Crippen molar-refractivity contribution >= 4 is 17.7 Å². The maximum atomic E-state index is 11.3. The fourth-order valence-corrected chi connectivity index (χ4v) is 1.79. The van der Waals surface area contributed by atoms with E-state index in [1.54, 1.807) is 17.2 Å². The number of nitrogens with two attached hydrogens (primary N) is 1. The zero-order chi connectivity index (χ0) is 11.5. The van der Waals surface area contributed by atoms with Crippen LogP contribution in [0.3, 0.4) is 0 Å². The topological polar surface area (TPSA) is 84.1 Å². The van der Waals surface area contributed by atoms with Crippen LogP contribution in [0.15, 0.2) is 12.3 Å². The summed E-state index contributed by atoms with van der Waals surface area (Å²) < 4.78 is 0. The second-order valence-corrected chi connectivity index (χ2v) is 3.95. The van der Waals surface area contributed by atoms with Crippen LogP contribution in [0.5, 0.6) is 0 Å². The molecule has 0 aliphatic carbocycles. The fraction of sp³-hybridized carbons (Fsp3) is 0.500. The van der Waals surface area contributed by atoms with Gasteiger partial charge in [-0.05, 0) is 12.5 Å². The van der Waals surface area contributed by atoms with Crippen LogP contribution in [-0.2, 0) is 4.79 Å². The summed E-state index contributed by atoms with van der Waals surface area (Å²) in [6.45, 7) is 0.697. The molecule has 1 atom stereocenters. The normalized spacial score (nSPS) is 20.9. The van der Waals surface area contributed by atoms with Gasteiger partial charge in [-0.15, -0.1) is 0 Å². The van der Waals surface area contributed by atoms with E-state index in [9.17, 15) is 4.79 Å². The lowest BCUT2D eigenvalue weighted by Gasteiger charge is -2.30. The number of nitrogens with one attached hydrogen (secondary N) is 1. The summed E-state index contributed by atoms with van der Waals surface area (Å²) in [6.07, 6.45) is 3.02. The third-order valence-corrected chi connectivity index (χ3v) is 2.65. The van der Waals surface area contributed by atoms with E-state index >= 15 is 0 Å². The number of aromatic nitrogens is 2. The number of rotatable bonds is 2. The summed E-state index contributed by atoms with van der Waals surface area (Å²) in [7, 11) is 1.81. The van der Waals surface area contributed by atoms with Crippen molar-refractivity contribution in [1.82, 2.24) is 14.9 Å². The predicted octanol–water partition coefficient (Wildman–Crippen LogP) is 0.0915. The Kier molecular flexibility index (Phi) is 2.89. The molecule has 0 spiro atoms. The second kappa shape index (κ2) is 4.34. The highest BCUT2D eigenvalue weighted by atomic mass is 16.2. The molecule has 0 aromatic carbocycles. The highest BCUT2D eigenvalue weighted by Gasteiger charge is 2.22. The molecule has 1 aliphatic rings. The minimum atomic E-state index is 0.195. The molecule has 1 aliphatic heterocycles. The largest absolute Gasteiger partial charge is 0.368 e. The number of carbonyl (C=O) groups excluding carboxylic acids is 1. The first-order valence-electron chi connectivity index (χ1n) is 5.24. The van der Waals surface area contributed by atoms with Crippen molar-refractivity contribution in [2.75, 3.05) is 24.6 Å². The lowest BCUT2D eigenvalue weighted by Crippen LogP contribution is -2.43. The van der Waals surface area contributed by atoms with Crippen molar-refractivity contribution in [3.63, 3.8) is 0 Å². The number of anilines is 2. The summed E-state index contributed by atoms with van der Waals surface area (Å²) in [5.41, 5.74) is 5.49. The molecule has 3 N–H and O–H groups in total. The third kappa shape index (κ3) is 2.39. The van der Waals surface area contributed by atoms with Crippen molar-refractivity contribution in [3.8, 4) is 0 Å². The van der Waals surface area contributed by atoms with Crippen LogP contribution in [0.4, 0.5) is 11.8 Å². The van der Waals surface area contributed by atoms with E-state index in [2.05, 4.69) is 15.3 Å². The number of amides is 1. The molecule has 1 unspecified atom stereocenters. The number of piperidine rings is 1. The van der Waals surface area contributed by atoms with Crippen molar-refractivity contribution in [3.05, 3.63) is 12.3 Å². The average Bonchev–Trinajstić information content (AvgIpc) is 2.24. The minimum absolute atomic E-state index is 0.195. The van der Waals surface area contributed by atoms with Crippen LogP contribution in [-0.4, -0.2) is 40.4 Å². The molecule has 6 nitrogen and oxygen atoms in total. The van der Waals surface area contributed by atoms with E-state index in [0.29, 0.717) is 18.8 Å². The number of nitrogens with zero attached hydrogens (tertiary/aromatic N) is 3. The summed E-state index contributed by atoms with van der Waals surface area (Å²) in [4.78, 5) is 20.9. The molecule has 2 rings (SSSR count). The molecule has 1 aromatic rings. The zero-order valence-electron chi connectivity index (χ0n) is 9.18. The van der Waals surface area contributed by atoms with Gasteiger partial charge in [0.25, 0.3) is 0 Å². The minimum Gasteiger partial charge on any atom is -0.368 e. The van der Waals surface area contributed by atoms with Crippen molar-refractivity contribution < 1.29 is 4.79 Å². The predicted molar refractivity (Wildman–Crippen MR) is 60.7 cm³/mol. The summed E-state index contributed by atoms with van der Waals surface area (Å²) in [6, 6.07) is 2.00. The Hall–Kier alpha value is -1.85. The Labute approximate surface area is 93.9 Å². The van der Waals surface area contributed by atoms with E-state index in [1.165, 1.54) is 0 Å². The number of likely N-dealkylation sites (N-methyl/N-ethyl adjacent to an activating group) is 1. The molecule has 0 bridgehead atoms. The van der Waals surface area contributed by atoms with E-state index in [4.69, 9.17) is 5.73 Å². The van der Waals surface area contributed by atoms with Gasteiger partial charge in [0.15, 0.2) is 0 Å². The lowest BCUT2D eigenvalue weighted by molar-refractivity contribution is -0.132. The molecule has 0 saturated carbocycles. The third-order valence-electron chi connectivity index (χ3n) is 2.65. The molecule has 6 heteroatoms. The van der Waals surface area contributed by atoms with E-state index in [0.717, 1.165) is 6.42 Å². The standard InChI is InChI=1S/C10H15N5O/c1-15-6-7(2-3-9(15)16)13-8-4-5-12-10(11)14-8/h4-5,7H,2-3,6H2,1H3,(H3,11,12,13,14). The maximum absolute atomic E-state index is 11.3. The van der Waals surface area contributed by atoms with Crippen molar-refractivity contribution in [2.24, 2.45) is 0 Å². The van der Waals surface area contributed by atoms with Gasteiger partial charge in [-0.2, -0.15) is 4.98 Å². The van der Waals surface area contributed by atoms with Gasteiger partial charge < -0.3 is 16.0 Å². The fourth-order valence-electron chi connectivity index (χ4n) is 1.79. The Balaban J connectivity index is 1.98. The summed E-state index contributed by atoms with van der Waals surface area (Å²) in [5, 5.41) is 3.25.